The van der Waals surface area contributed by atoms with Crippen LogP contribution in [0, 0.1) is 24.2 Å². The summed E-state index contributed by atoms with van der Waals surface area (Å²) in [4.78, 5) is 14.0. The molecule has 0 saturated heterocycles. The van der Waals surface area contributed by atoms with Crippen molar-refractivity contribution in [2.45, 2.75) is 20.8 Å². The third kappa shape index (κ3) is 3.24. The number of anilines is 1. The van der Waals surface area contributed by atoms with Gasteiger partial charge in [-0.25, -0.2) is 0 Å². The Balaban J connectivity index is 2.97. The molecule has 0 saturated carbocycles. The minimum absolute atomic E-state index is 0.110. The van der Waals surface area contributed by atoms with Crippen molar-refractivity contribution in [3.05, 3.63) is 29.3 Å². The second-order valence-electron chi connectivity index (χ2n) is 4.46. The van der Waals surface area contributed by atoms with Crippen molar-refractivity contribution in [1.82, 2.24) is 4.90 Å². The number of nitrogens with zero attached hydrogens (tertiary/aromatic N) is 2. The molecule has 0 radical (unpaired) electrons. The number of carbonyl (C=O) groups excluding carboxylic acids is 1. The average molecular weight is 245 g/mol. The fraction of sp³-hybridized carbons (Fsp3) is 0.429. The van der Waals surface area contributed by atoms with E-state index in [4.69, 9.17) is 11.0 Å². The highest BCUT2D eigenvalue weighted by atomic mass is 16.2. The fourth-order valence-corrected chi connectivity index (χ4v) is 1.75. The average Bonchev–Trinajstić information content (AvgIpc) is 2.37. The SMILES string of the molecule is CCN(CC(C)C#N)C(=O)c1cc(C)ccc1N. The van der Waals surface area contributed by atoms with Crippen molar-refractivity contribution in [3.8, 4) is 6.07 Å². The molecule has 0 fully saturated rings. The number of hydrogen-bond donors (Lipinski definition) is 1. The maximum Gasteiger partial charge on any atom is 0.255 e. The van der Waals surface area contributed by atoms with Gasteiger partial charge in [0.05, 0.1) is 17.6 Å². The summed E-state index contributed by atoms with van der Waals surface area (Å²) in [5, 5.41) is 8.82. The molecule has 0 aliphatic heterocycles. The van der Waals surface area contributed by atoms with Gasteiger partial charge in [0.25, 0.3) is 5.91 Å². The molecule has 18 heavy (non-hydrogen) atoms. The zero-order valence-electron chi connectivity index (χ0n) is 11.1. The van der Waals surface area contributed by atoms with Crippen LogP contribution in [0.5, 0.6) is 0 Å². The number of nitrogens with two attached hydrogens (primary N) is 1. The molecule has 4 heteroatoms. The van der Waals surface area contributed by atoms with Crippen molar-refractivity contribution in [2.75, 3.05) is 18.8 Å². The fourth-order valence-electron chi connectivity index (χ4n) is 1.75. The van der Waals surface area contributed by atoms with Crippen LogP contribution in [0.15, 0.2) is 18.2 Å². The van der Waals surface area contributed by atoms with Crippen LogP contribution in [0.25, 0.3) is 0 Å². The van der Waals surface area contributed by atoms with E-state index in [1.54, 1.807) is 24.0 Å². The normalized spacial score (nSPS) is 11.7. The summed E-state index contributed by atoms with van der Waals surface area (Å²) >= 11 is 0. The van der Waals surface area contributed by atoms with Gasteiger partial charge in [0, 0.05) is 18.8 Å². The molecule has 96 valence electrons. The number of carbonyl (C=O) groups is 1. The number of benzene rings is 1. The Bertz CT molecular complexity index is 476. The van der Waals surface area contributed by atoms with E-state index in [9.17, 15) is 4.79 Å². The van der Waals surface area contributed by atoms with Gasteiger partial charge in [-0.15, -0.1) is 0 Å². The zero-order valence-corrected chi connectivity index (χ0v) is 11.1. The van der Waals surface area contributed by atoms with E-state index >= 15 is 0 Å². The summed E-state index contributed by atoms with van der Waals surface area (Å²) in [5.74, 6) is -0.291. The second kappa shape index (κ2) is 6.06. The van der Waals surface area contributed by atoms with Crippen molar-refractivity contribution < 1.29 is 4.79 Å². The van der Waals surface area contributed by atoms with Gasteiger partial charge in [0.15, 0.2) is 0 Å². The van der Waals surface area contributed by atoms with Crippen molar-refractivity contribution in [1.29, 1.82) is 5.26 Å². The van der Waals surface area contributed by atoms with Gasteiger partial charge in [-0.2, -0.15) is 5.26 Å². The van der Waals surface area contributed by atoms with Crippen LogP contribution in [0.1, 0.15) is 29.8 Å². The molecular weight excluding hydrogens is 226 g/mol. The minimum atomic E-state index is -0.181. The first kappa shape index (κ1) is 14.0. The third-order valence-electron chi connectivity index (χ3n) is 2.82. The molecule has 0 spiro atoms. The van der Waals surface area contributed by atoms with Gasteiger partial charge >= 0.3 is 0 Å². The van der Waals surface area contributed by atoms with Crippen LogP contribution in [-0.2, 0) is 0 Å². The number of aryl methyl sites for hydroxylation is 1. The number of rotatable bonds is 4. The van der Waals surface area contributed by atoms with Crippen molar-refractivity contribution in [3.63, 3.8) is 0 Å². The molecule has 0 heterocycles. The molecule has 1 rings (SSSR count). The molecule has 0 aliphatic carbocycles. The number of nitriles is 1. The lowest BCUT2D eigenvalue weighted by Crippen LogP contribution is -2.34. The zero-order chi connectivity index (χ0) is 13.7. The van der Waals surface area contributed by atoms with E-state index in [-0.39, 0.29) is 11.8 Å². The van der Waals surface area contributed by atoms with Gasteiger partial charge < -0.3 is 10.6 Å². The van der Waals surface area contributed by atoms with Crippen LogP contribution in [0.4, 0.5) is 5.69 Å². The molecule has 1 aromatic carbocycles. The Kier molecular flexibility index (Phi) is 4.73. The molecule has 1 atom stereocenters. The predicted molar refractivity (Wildman–Crippen MR) is 71.9 cm³/mol. The first-order valence-corrected chi connectivity index (χ1v) is 6.04. The lowest BCUT2D eigenvalue weighted by molar-refractivity contribution is 0.0753. The van der Waals surface area contributed by atoms with Gasteiger partial charge in [-0.1, -0.05) is 11.6 Å². The smallest absolute Gasteiger partial charge is 0.255 e. The summed E-state index contributed by atoms with van der Waals surface area (Å²) in [6, 6.07) is 7.54. The van der Waals surface area contributed by atoms with E-state index in [2.05, 4.69) is 6.07 Å². The Labute approximate surface area is 108 Å². The molecule has 2 N–H and O–H groups in total. The van der Waals surface area contributed by atoms with E-state index in [0.717, 1.165) is 5.56 Å². The quantitative estimate of drug-likeness (QED) is 0.827. The molecule has 0 aliphatic rings. The number of amides is 1. The van der Waals surface area contributed by atoms with Crippen molar-refractivity contribution in [2.24, 2.45) is 5.92 Å². The van der Waals surface area contributed by atoms with Gasteiger partial charge in [-0.3, -0.25) is 4.79 Å². The Hall–Kier alpha value is -2.02. The molecular formula is C14H19N3O. The summed E-state index contributed by atoms with van der Waals surface area (Å²) in [6.07, 6.45) is 0. The predicted octanol–water partition coefficient (Wildman–Crippen LogP) is 2.20. The summed E-state index contributed by atoms with van der Waals surface area (Å²) in [7, 11) is 0. The second-order valence-corrected chi connectivity index (χ2v) is 4.46. The third-order valence-corrected chi connectivity index (χ3v) is 2.82. The topological polar surface area (TPSA) is 70.1 Å². The molecule has 1 unspecified atom stereocenters. The summed E-state index contributed by atoms with van der Waals surface area (Å²) in [5.41, 5.74) is 7.83. The largest absolute Gasteiger partial charge is 0.398 e. The van der Waals surface area contributed by atoms with Crippen molar-refractivity contribution >= 4 is 11.6 Å². The molecule has 0 bridgehead atoms. The monoisotopic (exact) mass is 245 g/mol. The molecule has 4 nitrogen and oxygen atoms in total. The lowest BCUT2D eigenvalue weighted by Gasteiger charge is -2.22. The van der Waals surface area contributed by atoms with E-state index in [1.807, 2.05) is 19.9 Å². The summed E-state index contributed by atoms with van der Waals surface area (Å²) in [6.45, 7) is 6.62. The number of hydrogen-bond acceptors (Lipinski definition) is 3. The Morgan fingerprint density at radius 3 is 2.78 bits per heavy atom. The number of nitrogen functional groups attached to an aromatic ring is 1. The molecule has 0 aromatic heterocycles. The van der Waals surface area contributed by atoms with E-state index in [1.165, 1.54) is 0 Å². The first-order valence-electron chi connectivity index (χ1n) is 6.04. The maximum atomic E-state index is 12.3. The highest BCUT2D eigenvalue weighted by Gasteiger charge is 2.18. The lowest BCUT2D eigenvalue weighted by atomic mass is 10.1. The van der Waals surface area contributed by atoms with E-state index in [0.29, 0.717) is 24.3 Å². The molecule has 1 aromatic rings. The minimum Gasteiger partial charge on any atom is -0.398 e. The Morgan fingerprint density at radius 1 is 1.56 bits per heavy atom. The van der Waals surface area contributed by atoms with E-state index < -0.39 is 0 Å². The van der Waals surface area contributed by atoms with Crippen LogP contribution < -0.4 is 5.73 Å². The van der Waals surface area contributed by atoms with Gasteiger partial charge in [0.1, 0.15) is 0 Å². The maximum absolute atomic E-state index is 12.3. The van der Waals surface area contributed by atoms with Crippen LogP contribution >= 0.6 is 0 Å². The van der Waals surface area contributed by atoms with Crippen LogP contribution in [0.2, 0.25) is 0 Å². The summed E-state index contributed by atoms with van der Waals surface area (Å²) < 4.78 is 0. The Morgan fingerprint density at radius 2 is 2.22 bits per heavy atom. The van der Waals surface area contributed by atoms with Gasteiger partial charge in [-0.05, 0) is 32.9 Å². The highest BCUT2D eigenvalue weighted by molar-refractivity contribution is 5.99. The standard InChI is InChI=1S/C14H19N3O/c1-4-17(9-11(3)8-15)14(18)12-7-10(2)5-6-13(12)16/h5-7,11H,4,9,16H2,1-3H3. The highest BCUT2D eigenvalue weighted by Crippen LogP contribution is 2.16. The van der Waals surface area contributed by atoms with Crippen LogP contribution in [0.3, 0.4) is 0 Å². The molecule has 1 amide bonds. The first-order chi connectivity index (χ1) is 8.49. The van der Waals surface area contributed by atoms with Crippen LogP contribution in [-0.4, -0.2) is 23.9 Å². The van der Waals surface area contributed by atoms with Gasteiger partial charge in [0.2, 0.25) is 0 Å².